The van der Waals surface area contributed by atoms with Gasteiger partial charge in [0.1, 0.15) is 0 Å². The third-order valence-corrected chi connectivity index (χ3v) is 4.52. The summed E-state index contributed by atoms with van der Waals surface area (Å²) < 4.78 is 0. The number of aliphatic carboxylic acids is 1. The van der Waals surface area contributed by atoms with Crippen molar-refractivity contribution < 1.29 is 9.90 Å². The molecule has 1 N–H and O–H groups in total. The van der Waals surface area contributed by atoms with Crippen molar-refractivity contribution in [1.82, 2.24) is 4.90 Å². The summed E-state index contributed by atoms with van der Waals surface area (Å²) in [5, 5.41) is 9.41. The topological polar surface area (TPSA) is 40.5 Å². The van der Waals surface area contributed by atoms with Crippen molar-refractivity contribution in [3.05, 3.63) is 0 Å². The lowest BCUT2D eigenvalue weighted by atomic mass is 10.2. The van der Waals surface area contributed by atoms with Gasteiger partial charge in [0, 0.05) is 17.7 Å². The molecule has 0 aliphatic heterocycles. The van der Waals surface area contributed by atoms with Gasteiger partial charge in [-0.3, -0.25) is 4.79 Å². The van der Waals surface area contributed by atoms with Gasteiger partial charge in [-0.15, -0.1) is 12.4 Å². The van der Waals surface area contributed by atoms with Gasteiger partial charge >= 0.3 is 5.97 Å². The van der Waals surface area contributed by atoms with E-state index in [1.54, 1.807) is 0 Å². The van der Waals surface area contributed by atoms with Gasteiger partial charge in [0.05, 0.1) is 0 Å². The van der Waals surface area contributed by atoms with Gasteiger partial charge < -0.3 is 10.0 Å². The maximum absolute atomic E-state index is 10.4. The number of thioether (sulfide) groups is 1. The molecule has 102 valence electrons. The Morgan fingerprint density at radius 1 is 1.47 bits per heavy atom. The van der Waals surface area contributed by atoms with Crippen molar-refractivity contribution in [3.8, 4) is 0 Å². The van der Waals surface area contributed by atoms with Crippen LogP contribution in [0.4, 0.5) is 0 Å². The zero-order chi connectivity index (χ0) is 12.0. The van der Waals surface area contributed by atoms with Crippen molar-refractivity contribution in [2.75, 3.05) is 19.3 Å². The summed E-state index contributed by atoms with van der Waals surface area (Å²) in [6.45, 7) is 3.13. The van der Waals surface area contributed by atoms with E-state index < -0.39 is 5.97 Å². The molecular formula is C12H24ClNO2S. The standard InChI is InChI=1S/C12H23NO2S.ClH/c1-3-16-11-7-6-10(9-11)13(2)8-4-5-12(14)15;/h10-11H,3-9H2,1-2H3,(H,14,15);1H. The van der Waals surface area contributed by atoms with Gasteiger partial charge in [0.25, 0.3) is 0 Å². The van der Waals surface area contributed by atoms with Gasteiger partial charge in [-0.25, -0.2) is 0 Å². The number of hydrogen-bond acceptors (Lipinski definition) is 3. The third kappa shape index (κ3) is 6.53. The molecule has 1 aliphatic rings. The van der Waals surface area contributed by atoms with E-state index >= 15 is 0 Å². The van der Waals surface area contributed by atoms with Crippen LogP contribution >= 0.6 is 24.2 Å². The Hall–Kier alpha value is 0.0700. The van der Waals surface area contributed by atoms with Crippen LogP contribution in [0.25, 0.3) is 0 Å². The molecule has 2 atom stereocenters. The lowest BCUT2D eigenvalue weighted by Gasteiger charge is -2.24. The summed E-state index contributed by atoms with van der Waals surface area (Å²) in [4.78, 5) is 12.8. The monoisotopic (exact) mass is 281 g/mol. The molecule has 0 aromatic heterocycles. The summed E-state index contributed by atoms with van der Waals surface area (Å²) in [5.74, 6) is 0.527. The first kappa shape index (κ1) is 17.1. The van der Waals surface area contributed by atoms with Crippen molar-refractivity contribution in [2.45, 2.75) is 50.3 Å². The van der Waals surface area contributed by atoms with Crippen molar-refractivity contribution >= 4 is 30.1 Å². The minimum atomic E-state index is -0.681. The summed E-state index contributed by atoms with van der Waals surface area (Å²) in [6, 6.07) is 0.679. The summed E-state index contributed by atoms with van der Waals surface area (Å²) in [6.07, 6.45) is 4.95. The minimum absolute atomic E-state index is 0. The first-order valence-electron chi connectivity index (χ1n) is 6.17. The van der Waals surface area contributed by atoms with Crippen LogP contribution in [0.1, 0.15) is 39.0 Å². The molecule has 0 aromatic carbocycles. The first-order chi connectivity index (χ1) is 7.63. The molecule has 0 aromatic rings. The Labute approximate surface area is 115 Å². The fourth-order valence-electron chi connectivity index (χ4n) is 2.37. The third-order valence-electron chi connectivity index (χ3n) is 3.28. The SMILES string of the molecule is CCSC1CCC(N(C)CCCC(=O)O)C1.Cl. The van der Waals surface area contributed by atoms with Crippen LogP contribution < -0.4 is 0 Å². The summed E-state index contributed by atoms with van der Waals surface area (Å²) in [7, 11) is 2.13. The second-order valence-corrected chi connectivity index (χ2v) is 6.10. The van der Waals surface area contributed by atoms with E-state index in [4.69, 9.17) is 5.11 Å². The number of hydrogen-bond donors (Lipinski definition) is 1. The van der Waals surface area contributed by atoms with E-state index in [1.165, 1.54) is 25.0 Å². The zero-order valence-corrected chi connectivity index (χ0v) is 12.4. The molecule has 2 unspecified atom stereocenters. The van der Waals surface area contributed by atoms with Gasteiger partial charge in [0.2, 0.25) is 0 Å². The summed E-state index contributed by atoms with van der Waals surface area (Å²) in [5.41, 5.74) is 0. The maximum atomic E-state index is 10.4. The Balaban J connectivity index is 0.00000256. The maximum Gasteiger partial charge on any atom is 0.303 e. The van der Waals surface area contributed by atoms with Crippen LogP contribution in [0.3, 0.4) is 0 Å². The zero-order valence-electron chi connectivity index (χ0n) is 10.7. The van der Waals surface area contributed by atoms with E-state index in [0.717, 1.165) is 18.2 Å². The molecule has 1 fully saturated rings. The second-order valence-electron chi connectivity index (χ2n) is 4.52. The van der Waals surface area contributed by atoms with E-state index in [-0.39, 0.29) is 12.4 Å². The Morgan fingerprint density at radius 3 is 2.76 bits per heavy atom. The highest BCUT2D eigenvalue weighted by Gasteiger charge is 2.26. The molecule has 0 saturated heterocycles. The predicted molar refractivity (Wildman–Crippen MR) is 76.3 cm³/mol. The van der Waals surface area contributed by atoms with Crippen molar-refractivity contribution in [2.24, 2.45) is 0 Å². The number of halogens is 1. The lowest BCUT2D eigenvalue weighted by molar-refractivity contribution is -0.137. The normalized spacial score (nSPS) is 23.7. The number of carboxylic acid groups (broad SMARTS) is 1. The Morgan fingerprint density at radius 2 is 2.18 bits per heavy atom. The molecule has 1 aliphatic carbocycles. The molecule has 1 rings (SSSR count). The molecule has 0 bridgehead atoms. The average Bonchev–Trinajstić information content (AvgIpc) is 2.66. The van der Waals surface area contributed by atoms with E-state index in [9.17, 15) is 4.79 Å². The van der Waals surface area contributed by atoms with Gasteiger partial charge in [-0.05, 0) is 45.0 Å². The largest absolute Gasteiger partial charge is 0.481 e. The van der Waals surface area contributed by atoms with E-state index in [2.05, 4.69) is 30.6 Å². The highest BCUT2D eigenvalue weighted by atomic mass is 35.5. The fourth-order valence-corrected chi connectivity index (χ4v) is 3.50. The number of carboxylic acids is 1. The highest BCUT2D eigenvalue weighted by molar-refractivity contribution is 7.99. The lowest BCUT2D eigenvalue weighted by Crippen LogP contribution is -2.30. The van der Waals surface area contributed by atoms with Crippen LogP contribution in [0, 0.1) is 0 Å². The van der Waals surface area contributed by atoms with Crippen LogP contribution in [-0.2, 0) is 4.79 Å². The minimum Gasteiger partial charge on any atom is -0.481 e. The molecule has 5 heteroatoms. The fraction of sp³-hybridized carbons (Fsp3) is 0.917. The number of rotatable bonds is 7. The van der Waals surface area contributed by atoms with Gasteiger partial charge in [-0.1, -0.05) is 6.92 Å². The Bertz CT molecular complexity index is 229. The molecule has 1 saturated carbocycles. The molecule has 0 heterocycles. The van der Waals surface area contributed by atoms with Gasteiger partial charge in [0.15, 0.2) is 0 Å². The van der Waals surface area contributed by atoms with Crippen LogP contribution in [0.15, 0.2) is 0 Å². The van der Waals surface area contributed by atoms with Gasteiger partial charge in [-0.2, -0.15) is 11.8 Å². The number of carbonyl (C=O) groups is 1. The average molecular weight is 282 g/mol. The first-order valence-corrected chi connectivity index (χ1v) is 7.22. The summed E-state index contributed by atoms with van der Waals surface area (Å²) >= 11 is 2.07. The highest BCUT2D eigenvalue weighted by Crippen LogP contribution is 2.32. The van der Waals surface area contributed by atoms with Crippen molar-refractivity contribution in [3.63, 3.8) is 0 Å². The predicted octanol–water partition coefficient (Wildman–Crippen LogP) is 2.88. The molecule has 0 amide bonds. The molecular weight excluding hydrogens is 258 g/mol. The molecule has 0 spiro atoms. The molecule has 17 heavy (non-hydrogen) atoms. The Kier molecular flexibility index (Phi) is 9.10. The number of nitrogens with zero attached hydrogens (tertiary/aromatic N) is 1. The van der Waals surface area contributed by atoms with Crippen LogP contribution in [-0.4, -0.2) is 46.6 Å². The molecule has 3 nitrogen and oxygen atoms in total. The van der Waals surface area contributed by atoms with Crippen molar-refractivity contribution in [1.29, 1.82) is 0 Å². The van der Waals surface area contributed by atoms with Crippen LogP contribution in [0.2, 0.25) is 0 Å². The van der Waals surface area contributed by atoms with E-state index in [1.807, 2.05) is 0 Å². The van der Waals surface area contributed by atoms with Crippen LogP contribution in [0.5, 0.6) is 0 Å². The molecule has 0 radical (unpaired) electrons. The van der Waals surface area contributed by atoms with E-state index in [0.29, 0.717) is 12.5 Å². The smallest absolute Gasteiger partial charge is 0.303 e. The quantitative estimate of drug-likeness (QED) is 0.779. The second kappa shape index (κ2) is 9.06.